The van der Waals surface area contributed by atoms with Crippen LogP contribution >= 0.6 is 0 Å². The summed E-state index contributed by atoms with van der Waals surface area (Å²) in [7, 11) is 0. The van der Waals surface area contributed by atoms with Crippen molar-refractivity contribution in [1.82, 2.24) is 19.8 Å². The Balaban J connectivity index is 1.74. The predicted octanol–water partition coefficient (Wildman–Crippen LogP) is 1.76. The molecule has 2 atom stereocenters. The second-order valence-electron chi connectivity index (χ2n) is 6.67. The predicted molar refractivity (Wildman–Crippen MR) is 94.7 cm³/mol. The lowest BCUT2D eigenvalue weighted by Crippen LogP contribution is -2.57. The topological polar surface area (TPSA) is 67.2 Å². The Kier molecular flexibility index (Phi) is 5.65. The van der Waals surface area contributed by atoms with E-state index < -0.39 is 0 Å². The number of imidazole rings is 1. The molecule has 6 nitrogen and oxygen atoms in total. The molecule has 1 aromatic heterocycles. The lowest BCUT2D eigenvalue weighted by Gasteiger charge is -2.41. The number of carbonyl (C=O) groups is 2. The van der Waals surface area contributed by atoms with Gasteiger partial charge in [-0.15, -0.1) is 0 Å². The lowest BCUT2D eigenvalue weighted by molar-refractivity contribution is -0.135. The fourth-order valence-corrected chi connectivity index (χ4v) is 3.57. The number of hydrogen-bond donors (Lipinski definition) is 1. The van der Waals surface area contributed by atoms with Crippen molar-refractivity contribution < 1.29 is 14.0 Å². The molecule has 0 unspecified atom stereocenters. The van der Waals surface area contributed by atoms with Gasteiger partial charge in [-0.25, -0.2) is 9.37 Å². The molecule has 0 saturated carbocycles. The number of amides is 2. The third-order valence-corrected chi connectivity index (χ3v) is 4.75. The maximum absolute atomic E-state index is 13.5. The van der Waals surface area contributed by atoms with Gasteiger partial charge in [-0.1, -0.05) is 12.1 Å². The van der Waals surface area contributed by atoms with E-state index in [1.54, 1.807) is 34.3 Å². The number of nitrogens with zero attached hydrogens (tertiary/aromatic N) is 3. The zero-order valence-corrected chi connectivity index (χ0v) is 14.8. The first-order valence-electron chi connectivity index (χ1n) is 8.79. The third kappa shape index (κ3) is 4.47. The Hall–Kier alpha value is -2.70. The van der Waals surface area contributed by atoms with Crippen molar-refractivity contribution in [1.29, 1.82) is 0 Å². The Morgan fingerprint density at radius 3 is 2.92 bits per heavy atom. The summed E-state index contributed by atoms with van der Waals surface area (Å²) < 4.78 is 15.2. The highest BCUT2D eigenvalue weighted by atomic mass is 19.1. The van der Waals surface area contributed by atoms with E-state index in [0.29, 0.717) is 13.0 Å². The summed E-state index contributed by atoms with van der Waals surface area (Å²) in [4.78, 5) is 30.2. The molecule has 1 fully saturated rings. The number of piperidine rings is 1. The standard InChI is InChI=1S/C19H23FN4O2/c1-14(25)24-8-3-6-17(22-19(26)12-23-9-7-21-13-23)18(24)11-15-4-2-5-16(20)10-15/h2,4-5,7,9-10,13,17-18H,3,6,8,11-12H2,1H3,(H,22,26)/t17-,18-/m0/s1. The van der Waals surface area contributed by atoms with E-state index in [4.69, 9.17) is 0 Å². The first-order valence-corrected chi connectivity index (χ1v) is 8.79. The van der Waals surface area contributed by atoms with Crippen LogP contribution in [0.4, 0.5) is 4.39 Å². The van der Waals surface area contributed by atoms with Crippen LogP contribution in [0.1, 0.15) is 25.3 Å². The van der Waals surface area contributed by atoms with Crippen LogP contribution in [0.3, 0.4) is 0 Å². The Morgan fingerprint density at radius 1 is 1.38 bits per heavy atom. The van der Waals surface area contributed by atoms with Gasteiger partial charge in [0.1, 0.15) is 12.4 Å². The molecule has 0 aliphatic carbocycles. The van der Waals surface area contributed by atoms with Gasteiger partial charge in [0.05, 0.1) is 12.4 Å². The molecule has 2 amide bonds. The number of aromatic nitrogens is 2. The minimum atomic E-state index is -0.298. The first kappa shape index (κ1) is 18.1. The van der Waals surface area contributed by atoms with Crippen LogP contribution < -0.4 is 5.32 Å². The van der Waals surface area contributed by atoms with Gasteiger partial charge in [0, 0.05) is 31.9 Å². The van der Waals surface area contributed by atoms with Crippen LogP contribution in [0.15, 0.2) is 43.0 Å². The molecule has 1 aliphatic heterocycles. The number of hydrogen-bond acceptors (Lipinski definition) is 3. The molecular formula is C19H23FN4O2. The van der Waals surface area contributed by atoms with Gasteiger partial charge in [0.2, 0.25) is 11.8 Å². The molecule has 1 aromatic carbocycles. The van der Waals surface area contributed by atoms with E-state index >= 15 is 0 Å². The number of rotatable bonds is 5. The van der Waals surface area contributed by atoms with Crippen LogP contribution in [0, 0.1) is 5.82 Å². The Morgan fingerprint density at radius 2 is 2.23 bits per heavy atom. The summed E-state index contributed by atoms with van der Waals surface area (Å²) in [5.74, 6) is -0.448. The summed E-state index contributed by atoms with van der Waals surface area (Å²) in [6.07, 6.45) is 7.07. The Bertz CT molecular complexity index is 763. The number of nitrogens with one attached hydrogen (secondary N) is 1. The van der Waals surface area contributed by atoms with E-state index in [2.05, 4.69) is 10.3 Å². The van der Waals surface area contributed by atoms with Crippen LogP contribution in [-0.4, -0.2) is 44.9 Å². The van der Waals surface area contributed by atoms with Gasteiger partial charge in [-0.3, -0.25) is 9.59 Å². The van der Waals surface area contributed by atoms with Crippen molar-refractivity contribution in [2.75, 3.05) is 6.54 Å². The van der Waals surface area contributed by atoms with Gasteiger partial charge >= 0.3 is 0 Å². The average molecular weight is 358 g/mol. The van der Waals surface area contributed by atoms with E-state index in [9.17, 15) is 14.0 Å². The molecule has 7 heteroatoms. The van der Waals surface area contributed by atoms with E-state index in [0.717, 1.165) is 18.4 Å². The van der Waals surface area contributed by atoms with Gasteiger partial charge in [-0.2, -0.15) is 0 Å². The van der Waals surface area contributed by atoms with Crippen molar-refractivity contribution in [2.45, 2.75) is 44.8 Å². The van der Waals surface area contributed by atoms with Gasteiger partial charge in [-0.05, 0) is 37.0 Å². The van der Waals surface area contributed by atoms with E-state index in [-0.39, 0.29) is 36.3 Å². The van der Waals surface area contributed by atoms with Crippen molar-refractivity contribution in [2.24, 2.45) is 0 Å². The average Bonchev–Trinajstić information content (AvgIpc) is 3.09. The van der Waals surface area contributed by atoms with E-state index in [1.807, 2.05) is 6.07 Å². The fourth-order valence-electron chi connectivity index (χ4n) is 3.57. The minimum absolute atomic E-state index is 0.0278. The molecule has 0 spiro atoms. The molecule has 1 aliphatic rings. The second-order valence-corrected chi connectivity index (χ2v) is 6.67. The van der Waals surface area contributed by atoms with Gasteiger partial charge < -0.3 is 14.8 Å². The van der Waals surface area contributed by atoms with Crippen molar-refractivity contribution in [3.63, 3.8) is 0 Å². The molecule has 0 bridgehead atoms. The van der Waals surface area contributed by atoms with Crippen LogP contribution in [0.25, 0.3) is 0 Å². The highest BCUT2D eigenvalue weighted by molar-refractivity contribution is 5.77. The van der Waals surface area contributed by atoms with Crippen LogP contribution in [0.5, 0.6) is 0 Å². The number of halogens is 1. The van der Waals surface area contributed by atoms with Gasteiger partial charge in [0.25, 0.3) is 0 Å². The first-order chi connectivity index (χ1) is 12.5. The zero-order chi connectivity index (χ0) is 18.5. The lowest BCUT2D eigenvalue weighted by atomic mass is 9.90. The molecule has 1 saturated heterocycles. The summed E-state index contributed by atoms with van der Waals surface area (Å²) in [5, 5.41) is 3.05. The second kappa shape index (κ2) is 8.12. The minimum Gasteiger partial charge on any atom is -0.350 e. The normalized spacial score (nSPS) is 20.0. The zero-order valence-electron chi connectivity index (χ0n) is 14.8. The molecule has 3 rings (SSSR count). The van der Waals surface area contributed by atoms with Gasteiger partial charge in [0.15, 0.2) is 0 Å². The SMILES string of the molecule is CC(=O)N1CCC[C@H](NC(=O)Cn2ccnc2)[C@@H]1Cc1cccc(F)c1. The molecule has 1 N–H and O–H groups in total. The smallest absolute Gasteiger partial charge is 0.240 e. The van der Waals surface area contributed by atoms with Crippen molar-refractivity contribution >= 4 is 11.8 Å². The summed E-state index contributed by atoms with van der Waals surface area (Å²) in [6, 6.07) is 6.05. The number of likely N-dealkylation sites (tertiary alicyclic amines) is 1. The fraction of sp³-hybridized carbons (Fsp3) is 0.421. The van der Waals surface area contributed by atoms with Crippen molar-refractivity contribution in [3.05, 3.63) is 54.4 Å². The highest BCUT2D eigenvalue weighted by Crippen LogP contribution is 2.22. The quantitative estimate of drug-likeness (QED) is 0.886. The Labute approximate surface area is 152 Å². The van der Waals surface area contributed by atoms with Crippen molar-refractivity contribution in [3.8, 4) is 0 Å². The summed E-state index contributed by atoms with van der Waals surface area (Å²) >= 11 is 0. The number of carbonyl (C=O) groups excluding carboxylic acids is 2. The largest absolute Gasteiger partial charge is 0.350 e. The summed E-state index contributed by atoms with van der Waals surface area (Å²) in [6.45, 7) is 2.38. The molecule has 0 radical (unpaired) electrons. The third-order valence-electron chi connectivity index (χ3n) is 4.75. The molecular weight excluding hydrogens is 335 g/mol. The number of benzene rings is 1. The molecule has 138 valence electrons. The molecule has 2 aromatic rings. The molecule has 2 heterocycles. The van der Waals surface area contributed by atoms with Crippen LogP contribution in [0.2, 0.25) is 0 Å². The van der Waals surface area contributed by atoms with Crippen LogP contribution in [-0.2, 0) is 22.6 Å². The van der Waals surface area contributed by atoms with E-state index in [1.165, 1.54) is 19.1 Å². The summed E-state index contributed by atoms with van der Waals surface area (Å²) in [5.41, 5.74) is 0.817. The maximum Gasteiger partial charge on any atom is 0.240 e. The monoisotopic (exact) mass is 358 g/mol. The molecule has 26 heavy (non-hydrogen) atoms. The highest BCUT2D eigenvalue weighted by Gasteiger charge is 2.34. The maximum atomic E-state index is 13.5.